The van der Waals surface area contributed by atoms with Crippen molar-refractivity contribution in [3.63, 3.8) is 0 Å². The first-order valence-corrected chi connectivity index (χ1v) is 8.27. The lowest BCUT2D eigenvalue weighted by molar-refractivity contribution is -0.113. The molecule has 0 spiro atoms. The number of hydrogen-bond acceptors (Lipinski definition) is 4. The average Bonchev–Trinajstić information content (AvgIpc) is 2.90. The maximum Gasteiger partial charge on any atom is 0.281 e. The summed E-state index contributed by atoms with van der Waals surface area (Å²) in [4.78, 5) is 14.2. The van der Waals surface area contributed by atoms with Crippen LogP contribution in [0.1, 0.15) is 12.5 Å². The number of anilines is 1. The van der Waals surface area contributed by atoms with E-state index in [1.54, 1.807) is 19.3 Å². The molecule has 1 saturated heterocycles. The molecular formula is C19H18N2O3S. The Morgan fingerprint density at radius 1 is 1.16 bits per heavy atom. The zero-order chi connectivity index (χ0) is 17.8. The van der Waals surface area contributed by atoms with Crippen molar-refractivity contribution in [2.24, 2.45) is 0 Å². The molecule has 25 heavy (non-hydrogen) atoms. The lowest BCUT2D eigenvalue weighted by Gasteiger charge is -2.14. The third-order valence-electron chi connectivity index (χ3n) is 3.69. The van der Waals surface area contributed by atoms with Crippen LogP contribution in [0, 0.1) is 0 Å². The lowest BCUT2D eigenvalue weighted by Crippen LogP contribution is -2.30. The highest BCUT2D eigenvalue weighted by atomic mass is 32.1. The first-order valence-electron chi connectivity index (χ1n) is 7.86. The van der Waals surface area contributed by atoms with Crippen LogP contribution < -0.4 is 19.7 Å². The van der Waals surface area contributed by atoms with Crippen molar-refractivity contribution < 1.29 is 14.3 Å². The van der Waals surface area contributed by atoms with E-state index in [9.17, 15) is 4.79 Å². The van der Waals surface area contributed by atoms with Gasteiger partial charge in [0.2, 0.25) is 0 Å². The highest BCUT2D eigenvalue weighted by molar-refractivity contribution is 7.80. The molecular weight excluding hydrogens is 336 g/mol. The lowest BCUT2D eigenvalue weighted by atomic mass is 10.2. The second-order valence-corrected chi connectivity index (χ2v) is 5.72. The molecule has 2 aromatic carbocycles. The molecule has 0 saturated carbocycles. The normalized spacial score (nSPS) is 15.4. The summed E-state index contributed by atoms with van der Waals surface area (Å²) in [5.41, 5.74) is 1.98. The third kappa shape index (κ3) is 3.64. The molecule has 1 heterocycles. The Morgan fingerprint density at radius 2 is 1.92 bits per heavy atom. The second-order valence-electron chi connectivity index (χ2n) is 5.33. The zero-order valence-electron chi connectivity index (χ0n) is 14.0. The van der Waals surface area contributed by atoms with E-state index >= 15 is 0 Å². The van der Waals surface area contributed by atoms with Crippen LogP contribution in [-0.4, -0.2) is 24.7 Å². The predicted octanol–water partition coefficient (Wildman–Crippen LogP) is 3.36. The SMILES string of the molecule is CCOc1ccc(C=C2NC(=S)N(c3cccc(OC)c3)C2=O)cc1. The van der Waals surface area contributed by atoms with Crippen LogP contribution in [0.15, 0.2) is 54.2 Å². The maximum absolute atomic E-state index is 12.7. The molecule has 0 unspecified atom stereocenters. The van der Waals surface area contributed by atoms with E-state index in [1.807, 2.05) is 49.4 Å². The Labute approximate surface area is 151 Å². The van der Waals surface area contributed by atoms with E-state index in [2.05, 4.69) is 5.32 Å². The smallest absolute Gasteiger partial charge is 0.281 e. The summed E-state index contributed by atoms with van der Waals surface area (Å²) >= 11 is 5.32. The molecule has 1 N–H and O–H groups in total. The molecule has 128 valence electrons. The quantitative estimate of drug-likeness (QED) is 0.659. The number of methoxy groups -OCH3 is 1. The summed E-state index contributed by atoms with van der Waals surface area (Å²) < 4.78 is 10.6. The minimum atomic E-state index is -0.202. The Kier molecular flexibility index (Phi) is 5.00. The van der Waals surface area contributed by atoms with Crippen molar-refractivity contribution in [3.8, 4) is 11.5 Å². The van der Waals surface area contributed by atoms with Crippen LogP contribution in [0.25, 0.3) is 6.08 Å². The molecule has 0 aromatic heterocycles. The Bertz CT molecular complexity index is 831. The molecule has 2 aromatic rings. The number of nitrogens with one attached hydrogen (secondary N) is 1. The summed E-state index contributed by atoms with van der Waals surface area (Å²) in [6, 6.07) is 14.7. The van der Waals surface area contributed by atoms with Crippen LogP contribution in [0.5, 0.6) is 11.5 Å². The molecule has 6 heteroatoms. The van der Waals surface area contributed by atoms with E-state index in [-0.39, 0.29) is 5.91 Å². The van der Waals surface area contributed by atoms with Crippen LogP contribution in [0.3, 0.4) is 0 Å². The predicted molar refractivity (Wildman–Crippen MR) is 102 cm³/mol. The van der Waals surface area contributed by atoms with E-state index in [0.29, 0.717) is 28.9 Å². The molecule has 0 radical (unpaired) electrons. The number of thiocarbonyl (C=S) groups is 1. The number of ether oxygens (including phenoxy) is 2. The molecule has 1 aliphatic rings. The fourth-order valence-electron chi connectivity index (χ4n) is 2.51. The fourth-order valence-corrected chi connectivity index (χ4v) is 2.81. The molecule has 3 rings (SSSR count). The van der Waals surface area contributed by atoms with E-state index < -0.39 is 0 Å². The van der Waals surface area contributed by atoms with Crippen molar-refractivity contribution in [3.05, 3.63) is 59.8 Å². The third-order valence-corrected chi connectivity index (χ3v) is 3.98. The van der Waals surface area contributed by atoms with E-state index in [4.69, 9.17) is 21.7 Å². The van der Waals surface area contributed by atoms with E-state index in [1.165, 1.54) is 4.90 Å². The van der Waals surface area contributed by atoms with Gasteiger partial charge in [0.25, 0.3) is 5.91 Å². The average molecular weight is 354 g/mol. The summed E-state index contributed by atoms with van der Waals surface area (Å²) in [6.45, 7) is 2.55. The maximum atomic E-state index is 12.7. The fraction of sp³-hybridized carbons (Fsp3) is 0.158. The summed E-state index contributed by atoms with van der Waals surface area (Å²) in [6.07, 6.45) is 1.77. The number of nitrogens with zero attached hydrogens (tertiary/aromatic N) is 1. The van der Waals surface area contributed by atoms with Crippen molar-refractivity contribution >= 4 is 35.0 Å². The van der Waals surface area contributed by atoms with Gasteiger partial charge in [0.1, 0.15) is 17.2 Å². The van der Waals surface area contributed by atoms with Gasteiger partial charge in [0.15, 0.2) is 5.11 Å². The largest absolute Gasteiger partial charge is 0.497 e. The van der Waals surface area contributed by atoms with Crippen LogP contribution in [-0.2, 0) is 4.79 Å². The van der Waals surface area contributed by atoms with Crippen LogP contribution >= 0.6 is 12.2 Å². The summed E-state index contributed by atoms with van der Waals surface area (Å²) in [5.74, 6) is 1.26. The first kappa shape index (κ1) is 17.0. The standard InChI is InChI=1S/C19H18N2O3S/c1-3-24-15-9-7-13(8-10-15)11-17-18(22)21(19(25)20-17)14-5-4-6-16(12-14)23-2/h4-12H,3H2,1-2H3,(H,20,25). The van der Waals surface area contributed by atoms with Gasteiger partial charge in [0.05, 0.1) is 19.4 Å². The molecule has 0 atom stereocenters. The van der Waals surface area contributed by atoms with Crippen molar-refractivity contribution in [1.29, 1.82) is 0 Å². The molecule has 1 aliphatic heterocycles. The van der Waals surface area contributed by atoms with Gasteiger partial charge in [-0.2, -0.15) is 0 Å². The topological polar surface area (TPSA) is 50.8 Å². The molecule has 1 fully saturated rings. The highest BCUT2D eigenvalue weighted by Crippen LogP contribution is 2.26. The van der Waals surface area contributed by atoms with Gasteiger partial charge in [0, 0.05) is 6.07 Å². The van der Waals surface area contributed by atoms with Crippen molar-refractivity contribution in [1.82, 2.24) is 5.32 Å². The van der Waals surface area contributed by atoms with Gasteiger partial charge in [-0.3, -0.25) is 9.69 Å². The molecule has 5 nitrogen and oxygen atoms in total. The van der Waals surface area contributed by atoms with Crippen molar-refractivity contribution in [2.75, 3.05) is 18.6 Å². The number of hydrogen-bond donors (Lipinski definition) is 1. The Hall–Kier alpha value is -2.86. The number of benzene rings is 2. The van der Waals surface area contributed by atoms with Gasteiger partial charge >= 0.3 is 0 Å². The molecule has 0 bridgehead atoms. The van der Waals surface area contributed by atoms with E-state index in [0.717, 1.165) is 11.3 Å². The first-order chi connectivity index (χ1) is 12.1. The van der Waals surface area contributed by atoms with Gasteiger partial charge < -0.3 is 14.8 Å². The number of amides is 1. The zero-order valence-corrected chi connectivity index (χ0v) is 14.8. The van der Waals surface area contributed by atoms with Crippen LogP contribution in [0.2, 0.25) is 0 Å². The minimum Gasteiger partial charge on any atom is -0.497 e. The second kappa shape index (κ2) is 7.36. The number of rotatable bonds is 5. The minimum absolute atomic E-state index is 0.202. The molecule has 1 amide bonds. The van der Waals surface area contributed by atoms with Gasteiger partial charge in [-0.05, 0) is 55.0 Å². The monoisotopic (exact) mass is 354 g/mol. The molecule has 0 aliphatic carbocycles. The Morgan fingerprint density at radius 3 is 2.60 bits per heavy atom. The summed E-state index contributed by atoms with van der Waals surface area (Å²) in [5, 5.41) is 3.32. The van der Waals surface area contributed by atoms with Crippen LogP contribution in [0.4, 0.5) is 5.69 Å². The van der Waals surface area contributed by atoms with Gasteiger partial charge in [-0.15, -0.1) is 0 Å². The van der Waals surface area contributed by atoms with Crippen molar-refractivity contribution in [2.45, 2.75) is 6.92 Å². The highest BCUT2D eigenvalue weighted by Gasteiger charge is 2.32. The van der Waals surface area contributed by atoms with Gasteiger partial charge in [-0.1, -0.05) is 18.2 Å². The summed E-state index contributed by atoms with van der Waals surface area (Å²) in [7, 11) is 1.58. The Balaban J connectivity index is 1.85. The number of carbonyl (C=O) groups is 1. The number of carbonyl (C=O) groups excluding carboxylic acids is 1. The van der Waals surface area contributed by atoms with Gasteiger partial charge in [-0.25, -0.2) is 0 Å².